The monoisotopic (exact) mass is 319 g/mol. The smallest absolute Gasteiger partial charge is 0.308 e. The van der Waals surface area contributed by atoms with Crippen LogP contribution in [0.2, 0.25) is 0 Å². The Hall–Kier alpha value is -1.19. The maximum Gasteiger partial charge on any atom is 0.308 e. The van der Waals surface area contributed by atoms with Gasteiger partial charge in [-0.1, -0.05) is 0 Å². The highest BCUT2D eigenvalue weighted by Crippen LogP contribution is 2.24. The number of nitrogens with zero attached hydrogens (tertiary/aromatic N) is 2. The van der Waals surface area contributed by atoms with Gasteiger partial charge in [0.15, 0.2) is 0 Å². The van der Waals surface area contributed by atoms with Gasteiger partial charge in [-0.15, -0.1) is 0 Å². The lowest BCUT2D eigenvalue weighted by molar-refractivity contribution is -0.147. The van der Waals surface area contributed by atoms with E-state index in [2.05, 4.69) is 0 Å². The molecule has 0 saturated carbocycles. The average Bonchev–Trinajstić information content (AvgIpc) is 2.46. The molecule has 1 amide bonds. The molecule has 9 heteroatoms. The lowest BCUT2D eigenvalue weighted by Gasteiger charge is -2.36. The first-order chi connectivity index (χ1) is 9.79. The van der Waals surface area contributed by atoms with Crippen molar-refractivity contribution in [3.05, 3.63) is 0 Å². The molecule has 120 valence electrons. The second-order valence-electron chi connectivity index (χ2n) is 5.68. The number of amides is 1. The Balaban J connectivity index is 1.91. The lowest BCUT2D eigenvalue weighted by Crippen LogP contribution is -2.49. The van der Waals surface area contributed by atoms with Crippen LogP contribution in [0.5, 0.6) is 0 Å². The first-order valence-corrected chi connectivity index (χ1v) is 8.59. The van der Waals surface area contributed by atoms with Crippen LogP contribution in [0, 0.1) is 11.8 Å². The standard InChI is InChI=1S/C12H21N3O5S/c13-21(19,20)15-6-3-9(4-7-15)11(16)14-5-1-2-10(8-14)12(17)18/h9-10H,1-8H2,(H,17,18)(H2,13,19,20). The number of carbonyl (C=O) groups excluding carboxylic acids is 1. The van der Waals surface area contributed by atoms with E-state index < -0.39 is 22.1 Å². The Morgan fingerprint density at radius 2 is 1.67 bits per heavy atom. The molecule has 0 aromatic carbocycles. The highest BCUT2D eigenvalue weighted by Gasteiger charge is 2.34. The van der Waals surface area contributed by atoms with E-state index in [0.29, 0.717) is 32.2 Å². The number of hydrogen-bond acceptors (Lipinski definition) is 4. The van der Waals surface area contributed by atoms with Crippen molar-refractivity contribution in [1.29, 1.82) is 0 Å². The van der Waals surface area contributed by atoms with E-state index in [0.717, 1.165) is 0 Å². The van der Waals surface area contributed by atoms with Crippen molar-refractivity contribution in [3.63, 3.8) is 0 Å². The van der Waals surface area contributed by atoms with E-state index in [9.17, 15) is 18.0 Å². The van der Waals surface area contributed by atoms with Crippen molar-refractivity contribution >= 4 is 22.1 Å². The van der Waals surface area contributed by atoms with Gasteiger partial charge in [0.05, 0.1) is 5.92 Å². The van der Waals surface area contributed by atoms with Gasteiger partial charge in [-0.2, -0.15) is 12.7 Å². The molecule has 2 saturated heterocycles. The van der Waals surface area contributed by atoms with Crippen LogP contribution in [-0.4, -0.2) is 60.8 Å². The van der Waals surface area contributed by atoms with E-state index in [1.54, 1.807) is 4.90 Å². The summed E-state index contributed by atoms with van der Waals surface area (Å²) in [5.41, 5.74) is 0. The van der Waals surface area contributed by atoms with Crippen molar-refractivity contribution in [1.82, 2.24) is 9.21 Å². The minimum Gasteiger partial charge on any atom is -0.481 e. The first kappa shape index (κ1) is 16.2. The number of piperidine rings is 2. The zero-order valence-corrected chi connectivity index (χ0v) is 12.6. The van der Waals surface area contributed by atoms with Gasteiger partial charge >= 0.3 is 5.97 Å². The number of carboxylic acids is 1. The second kappa shape index (κ2) is 6.29. The van der Waals surface area contributed by atoms with Crippen molar-refractivity contribution in [3.8, 4) is 0 Å². The quantitative estimate of drug-likeness (QED) is 0.707. The molecule has 3 N–H and O–H groups in total. The molecule has 2 aliphatic rings. The number of aliphatic carboxylic acids is 1. The SMILES string of the molecule is NS(=O)(=O)N1CCC(C(=O)N2CCCC(C(=O)O)C2)CC1. The van der Waals surface area contributed by atoms with Gasteiger partial charge in [0.1, 0.15) is 0 Å². The van der Waals surface area contributed by atoms with E-state index in [1.807, 2.05) is 0 Å². The summed E-state index contributed by atoms with van der Waals surface area (Å²) in [6.07, 6.45) is 2.16. The van der Waals surface area contributed by atoms with E-state index >= 15 is 0 Å². The minimum absolute atomic E-state index is 0.0602. The predicted octanol–water partition coefficient (Wildman–Crippen LogP) is -0.775. The van der Waals surface area contributed by atoms with Gasteiger partial charge in [-0.05, 0) is 25.7 Å². The van der Waals surface area contributed by atoms with Crippen molar-refractivity contribution in [2.24, 2.45) is 17.0 Å². The van der Waals surface area contributed by atoms with Crippen molar-refractivity contribution < 1.29 is 23.1 Å². The van der Waals surface area contributed by atoms with E-state index in [1.165, 1.54) is 4.31 Å². The summed E-state index contributed by atoms with van der Waals surface area (Å²) in [5.74, 6) is -1.66. The van der Waals surface area contributed by atoms with Gasteiger partial charge in [-0.3, -0.25) is 9.59 Å². The van der Waals surface area contributed by atoms with Crippen LogP contribution in [0.1, 0.15) is 25.7 Å². The molecule has 2 rings (SSSR count). The van der Waals surface area contributed by atoms with Crippen LogP contribution >= 0.6 is 0 Å². The fourth-order valence-corrected chi connectivity index (χ4v) is 3.71. The van der Waals surface area contributed by atoms with Crippen LogP contribution in [0.3, 0.4) is 0 Å². The highest BCUT2D eigenvalue weighted by molar-refractivity contribution is 7.86. The third kappa shape index (κ3) is 3.92. The van der Waals surface area contributed by atoms with Gasteiger partial charge in [0.2, 0.25) is 5.91 Å². The zero-order valence-electron chi connectivity index (χ0n) is 11.8. The van der Waals surface area contributed by atoms with E-state index in [-0.39, 0.29) is 31.5 Å². The molecular formula is C12H21N3O5S. The second-order valence-corrected chi connectivity index (χ2v) is 7.23. The van der Waals surface area contributed by atoms with Crippen LogP contribution in [0.15, 0.2) is 0 Å². The third-order valence-corrected chi connectivity index (χ3v) is 5.33. The molecule has 21 heavy (non-hydrogen) atoms. The van der Waals surface area contributed by atoms with Crippen LogP contribution in [0.4, 0.5) is 0 Å². The van der Waals surface area contributed by atoms with Gasteiger partial charge in [-0.25, -0.2) is 5.14 Å². The lowest BCUT2D eigenvalue weighted by atomic mass is 9.93. The molecule has 2 heterocycles. The fourth-order valence-electron chi connectivity index (χ4n) is 2.99. The van der Waals surface area contributed by atoms with Gasteiger partial charge in [0.25, 0.3) is 10.2 Å². The molecule has 0 spiro atoms. The minimum atomic E-state index is -3.69. The Morgan fingerprint density at radius 1 is 1.05 bits per heavy atom. The third-order valence-electron chi connectivity index (χ3n) is 4.25. The van der Waals surface area contributed by atoms with Crippen molar-refractivity contribution in [2.75, 3.05) is 26.2 Å². The van der Waals surface area contributed by atoms with Crippen LogP contribution in [0.25, 0.3) is 0 Å². The normalized spacial score (nSPS) is 25.8. The summed E-state index contributed by atoms with van der Waals surface area (Å²) in [7, 11) is -3.69. The molecule has 0 radical (unpaired) electrons. The Labute approximate surface area is 124 Å². The van der Waals surface area contributed by atoms with Crippen LogP contribution in [-0.2, 0) is 19.8 Å². The topological polar surface area (TPSA) is 121 Å². The summed E-state index contributed by atoms with van der Waals surface area (Å²) in [4.78, 5) is 25.0. The number of nitrogens with two attached hydrogens (primary N) is 1. The van der Waals surface area contributed by atoms with Crippen molar-refractivity contribution in [2.45, 2.75) is 25.7 Å². The molecule has 2 aliphatic heterocycles. The number of rotatable bonds is 3. The first-order valence-electron chi connectivity index (χ1n) is 7.08. The molecule has 0 aliphatic carbocycles. The molecule has 8 nitrogen and oxygen atoms in total. The maximum atomic E-state index is 12.4. The molecule has 2 fully saturated rings. The summed E-state index contributed by atoms with van der Waals surface area (Å²) < 4.78 is 23.6. The maximum absolute atomic E-state index is 12.4. The fraction of sp³-hybridized carbons (Fsp3) is 0.833. The number of carboxylic acid groups (broad SMARTS) is 1. The summed E-state index contributed by atoms with van der Waals surface area (Å²) >= 11 is 0. The Bertz CT molecular complexity index is 513. The van der Waals surface area contributed by atoms with E-state index in [4.69, 9.17) is 10.2 Å². The number of likely N-dealkylation sites (tertiary alicyclic amines) is 1. The van der Waals surface area contributed by atoms with Crippen LogP contribution < -0.4 is 5.14 Å². The average molecular weight is 319 g/mol. The molecule has 0 aromatic heterocycles. The summed E-state index contributed by atoms with van der Waals surface area (Å²) in [5, 5.41) is 14.1. The molecule has 1 unspecified atom stereocenters. The number of hydrogen-bond donors (Lipinski definition) is 2. The zero-order chi connectivity index (χ0) is 15.6. The predicted molar refractivity (Wildman–Crippen MR) is 74.3 cm³/mol. The number of carbonyl (C=O) groups is 2. The highest BCUT2D eigenvalue weighted by atomic mass is 32.2. The molecule has 0 bridgehead atoms. The molecular weight excluding hydrogens is 298 g/mol. The summed E-state index contributed by atoms with van der Waals surface area (Å²) in [6.45, 7) is 1.32. The summed E-state index contributed by atoms with van der Waals surface area (Å²) in [6, 6.07) is 0. The largest absolute Gasteiger partial charge is 0.481 e. The Kier molecular flexibility index (Phi) is 4.84. The van der Waals surface area contributed by atoms with Gasteiger partial charge in [0, 0.05) is 32.1 Å². The van der Waals surface area contributed by atoms with Gasteiger partial charge < -0.3 is 10.0 Å². The molecule has 0 aromatic rings. The molecule has 1 atom stereocenters. The Morgan fingerprint density at radius 3 is 2.19 bits per heavy atom.